The number of carbonyl (C=O) groups is 1. The first kappa shape index (κ1) is 19.5. The third kappa shape index (κ3) is 3.48. The molecule has 2 aliphatic heterocycles. The largest absolute Gasteiger partial charge is 0.404 e. The average Bonchev–Trinajstić information content (AvgIpc) is 2.96. The van der Waals surface area contributed by atoms with Crippen LogP contribution in [0.1, 0.15) is 29.5 Å². The summed E-state index contributed by atoms with van der Waals surface area (Å²) >= 11 is 0. The minimum atomic E-state index is 0.00698. The van der Waals surface area contributed by atoms with Crippen LogP contribution < -0.4 is 21.3 Å². The van der Waals surface area contributed by atoms with Gasteiger partial charge in [-0.05, 0) is 42.7 Å². The number of anilines is 4. The maximum Gasteiger partial charge on any atom is 0.226 e. The van der Waals surface area contributed by atoms with Crippen LogP contribution in [0.2, 0.25) is 0 Å². The van der Waals surface area contributed by atoms with E-state index in [-0.39, 0.29) is 5.91 Å². The van der Waals surface area contributed by atoms with Crippen LogP contribution in [-0.4, -0.2) is 32.3 Å². The number of allylic oxidation sites excluding steroid dienone is 1. The fourth-order valence-electron chi connectivity index (χ4n) is 4.12. The molecule has 0 saturated carbocycles. The minimum absolute atomic E-state index is 0.00698. The van der Waals surface area contributed by atoms with Crippen molar-refractivity contribution in [3.05, 3.63) is 53.2 Å². The van der Waals surface area contributed by atoms with E-state index in [0.29, 0.717) is 18.5 Å². The van der Waals surface area contributed by atoms with Gasteiger partial charge in [0, 0.05) is 55.8 Å². The predicted octanol–water partition coefficient (Wildman–Crippen LogP) is 3.40. The quantitative estimate of drug-likeness (QED) is 0.685. The summed E-state index contributed by atoms with van der Waals surface area (Å²) in [5, 5.41) is 16.2. The molecule has 4 rings (SSSR count). The summed E-state index contributed by atoms with van der Waals surface area (Å²) in [5.74, 6) is 0.00698. The van der Waals surface area contributed by atoms with E-state index < -0.39 is 0 Å². The standard InChI is InChI=1S/C23H24N6O/c1-26-14-17(13-25)18-10-15-4-3-9-29(21(15)11-16(18)12-24)20-6-2-5-19-23(20)27-8-7-22(30)28-19/h2,5-6,10-11,13-14,27H,3-4,7-9,25H2,1H3,(H,28,30). The number of rotatable bonds is 3. The molecular weight excluding hydrogens is 376 g/mol. The summed E-state index contributed by atoms with van der Waals surface area (Å²) in [6, 6.07) is 12.2. The zero-order chi connectivity index (χ0) is 21.1. The van der Waals surface area contributed by atoms with E-state index in [9.17, 15) is 10.1 Å². The van der Waals surface area contributed by atoms with Crippen LogP contribution in [0.15, 0.2) is 41.5 Å². The SMILES string of the molecule is CN=CC(=CN)c1cc2c(cc1C#N)N(c1cccc3c1NCCC(=O)N3)CCC2. The number of hydrogen-bond donors (Lipinski definition) is 3. The highest BCUT2D eigenvalue weighted by Crippen LogP contribution is 2.42. The van der Waals surface area contributed by atoms with E-state index in [2.05, 4.69) is 32.7 Å². The maximum absolute atomic E-state index is 12.0. The molecule has 0 aliphatic carbocycles. The number of nitrogens with zero attached hydrogens (tertiary/aromatic N) is 3. The Morgan fingerprint density at radius 3 is 2.93 bits per heavy atom. The second-order valence-corrected chi connectivity index (χ2v) is 7.33. The first-order chi connectivity index (χ1) is 14.7. The van der Waals surface area contributed by atoms with E-state index in [1.54, 1.807) is 13.3 Å². The lowest BCUT2D eigenvalue weighted by Gasteiger charge is -2.34. The Morgan fingerprint density at radius 1 is 1.30 bits per heavy atom. The van der Waals surface area contributed by atoms with Crippen molar-refractivity contribution in [2.75, 3.05) is 35.7 Å². The highest BCUT2D eigenvalue weighted by molar-refractivity contribution is 6.11. The van der Waals surface area contributed by atoms with Crippen molar-refractivity contribution in [1.82, 2.24) is 0 Å². The predicted molar refractivity (Wildman–Crippen MR) is 121 cm³/mol. The first-order valence-electron chi connectivity index (χ1n) is 10.0. The molecule has 152 valence electrons. The van der Waals surface area contributed by atoms with E-state index >= 15 is 0 Å². The average molecular weight is 400 g/mol. The van der Waals surface area contributed by atoms with Gasteiger partial charge in [0.05, 0.1) is 28.7 Å². The molecule has 4 N–H and O–H groups in total. The smallest absolute Gasteiger partial charge is 0.226 e. The van der Waals surface area contributed by atoms with Crippen molar-refractivity contribution >= 4 is 40.4 Å². The number of nitrogens with two attached hydrogens (primary N) is 1. The zero-order valence-corrected chi connectivity index (χ0v) is 16.9. The molecule has 0 spiro atoms. The Hall–Kier alpha value is -3.79. The van der Waals surface area contributed by atoms with Crippen molar-refractivity contribution in [1.29, 1.82) is 5.26 Å². The number of hydrogen-bond acceptors (Lipinski definition) is 6. The minimum Gasteiger partial charge on any atom is -0.404 e. The molecule has 7 heteroatoms. The molecule has 30 heavy (non-hydrogen) atoms. The lowest BCUT2D eigenvalue weighted by atomic mass is 9.92. The summed E-state index contributed by atoms with van der Waals surface area (Å²) in [7, 11) is 1.68. The van der Waals surface area contributed by atoms with Crippen molar-refractivity contribution in [3.8, 4) is 6.07 Å². The van der Waals surface area contributed by atoms with E-state index in [1.807, 2.05) is 24.3 Å². The highest BCUT2D eigenvalue weighted by Gasteiger charge is 2.25. The van der Waals surface area contributed by atoms with Crippen LogP contribution in [0.3, 0.4) is 0 Å². The summed E-state index contributed by atoms with van der Waals surface area (Å²) in [5.41, 5.74) is 12.7. The lowest BCUT2D eigenvalue weighted by Crippen LogP contribution is -2.26. The van der Waals surface area contributed by atoms with Gasteiger partial charge in [0.25, 0.3) is 0 Å². The fourth-order valence-corrected chi connectivity index (χ4v) is 4.12. The van der Waals surface area contributed by atoms with Gasteiger partial charge in [-0.1, -0.05) is 6.07 Å². The molecule has 1 amide bonds. The Morgan fingerprint density at radius 2 is 2.17 bits per heavy atom. The first-order valence-corrected chi connectivity index (χ1v) is 10.0. The number of para-hydroxylation sites is 1. The van der Waals surface area contributed by atoms with Crippen LogP contribution >= 0.6 is 0 Å². The number of carbonyl (C=O) groups excluding carboxylic acids is 1. The van der Waals surface area contributed by atoms with Crippen molar-refractivity contribution in [3.63, 3.8) is 0 Å². The van der Waals surface area contributed by atoms with Gasteiger partial charge in [0.2, 0.25) is 5.91 Å². The van der Waals surface area contributed by atoms with Gasteiger partial charge in [-0.2, -0.15) is 5.26 Å². The second-order valence-electron chi connectivity index (χ2n) is 7.33. The molecule has 2 aromatic rings. The van der Waals surface area contributed by atoms with Crippen LogP contribution in [0.25, 0.3) is 5.57 Å². The number of aliphatic imine (C=N–C) groups is 1. The third-order valence-electron chi connectivity index (χ3n) is 5.48. The molecule has 0 aromatic heterocycles. The number of nitrogens with one attached hydrogen (secondary N) is 2. The van der Waals surface area contributed by atoms with Gasteiger partial charge in [0.1, 0.15) is 0 Å². The Balaban J connectivity index is 1.84. The van der Waals surface area contributed by atoms with Crippen LogP contribution in [-0.2, 0) is 11.2 Å². The van der Waals surface area contributed by atoms with Gasteiger partial charge in [0.15, 0.2) is 0 Å². The van der Waals surface area contributed by atoms with Gasteiger partial charge in [-0.25, -0.2) is 0 Å². The van der Waals surface area contributed by atoms with Gasteiger partial charge < -0.3 is 21.3 Å². The number of nitriles is 1. The van der Waals surface area contributed by atoms with Gasteiger partial charge >= 0.3 is 0 Å². The molecule has 0 radical (unpaired) electrons. The molecule has 2 aromatic carbocycles. The molecule has 0 fully saturated rings. The van der Waals surface area contributed by atoms with Crippen LogP contribution in [0, 0.1) is 11.3 Å². The third-order valence-corrected chi connectivity index (χ3v) is 5.48. The molecular formula is C23H24N6O. The summed E-state index contributed by atoms with van der Waals surface area (Å²) in [6.45, 7) is 1.42. The molecule has 2 aliphatic rings. The Labute approximate surface area is 175 Å². The summed E-state index contributed by atoms with van der Waals surface area (Å²) < 4.78 is 0. The Kier molecular flexibility index (Phi) is 5.40. The van der Waals surface area contributed by atoms with Crippen molar-refractivity contribution < 1.29 is 4.79 Å². The Bertz CT molecular complexity index is 1100. The summed E-state index contributed by atoms with van der Waals surface area (Å²) in [4.78, 5) is 18.3. The van der Waals surface area contributed by atoms with Gasteiger partial charge in [-0.3, -0.25) is 9.79 Å². The van der Waals surface area contributed by atoms with Crippen LogP contribution in [0.5, 0.6) is 0 Å². The van der Waals surface area contributed by atoms with E-state index in [1.165, 1.54) is 6.20 Å². The normalized spacial score (nSPS) is 16.2. The molecule has 0 atom stereocenters. The highest BCUT2D eigenvalue weighted by atomic mass is 16.1. The molecule has 0 saturated heterocycles. The molecule has 0 unspecified atom stereocenters. The lowest BCUT2D eigenvalue weighted by molar-refractivity contribution is -0.115. The number of benzene rings is 2. The molecule has 2 heterocycles. The topological polar surface area (TPSA) is 107 Å². The second kappa shape index (κ2) is 8.29. The van der Waals surface area contributed by atoms with Crippen molar-refractivity contribution in [2.24, 2.45) is 10.7 Å². The maximum atomic E-state index is 12.0. The van der Waals surface area contributed by atoms with E-state index in [0.717, 1.165) is 58.8 Å². The van der Waals surface area contributed by atoms with Crippen LogP contribution in [0.4, 0.5) is 22.7 Å². The number of fused-ring (bicyclic) bond motifs is 2. The molecule has 0 bridgehead atoms. The number of aryl methyl sites for hydroxylation is 1. The fraction of sp³-hybridized carbons (Fsp3) is 0.261. The zero-order valence-electron chi connectivity index (χ0n) is 16.9. The van der Waals surface area contributed by atoms with E-state index in [4.69, 9.17) is 5.73 Å². The van der Waals surface area contributed by atoms with Gasteiger partial charge in [-0.15, -0.1) is 0 Å². The molecule has 7 nitrogen and oxygen atoms in total. The summed E-state index contributed by atoms with van der Waals surface area (Å²) in [6.07, 6.45) is 5.50. The number of amides is 1. The monoisotopic (exact) mass is 400 g/mol. The van der Waals surface area contributed by atoms with Crippen molar-refractivity contribution in [2.45, 2.75) is 19.3 Å².